The van der Waals surface area contributed by atoms with Gasteiger partial charge in [-0.05, 0) is 30.2 Å². The van der Waals surface area contributed by atoms with Crippen LogP contribution in [0.4, 0.5) is 0 Å². The summed E-state index contributed by atoms with van der Waals surface area (Å²) in [7, 11) is 1.66. The molecule has 0 radical (unpaired) electrons. The summed E-state index contributed by atoms with van der Waals surface area (Å²) in [5.74, 6) is 0.848. The largest absolute Gasteiger partial charge is 0.497 e. The number of H-pyrrole nitrogens is 1. The monoisotopic (exact) mass is 206 g/mol. The molecule has 15 heavy (non-hydrogen) atoms. The van der Waals surface area contributed by atoms with Crippen molar-refractivity contribution in [2.24, 2.45) is 0 Å². The van der Waals surface area contributed by atoms with Gasteiger partial charge in [0.15, 0.2) is 0 Å². The van der Waals surface area contributed by atoms with Crippen LogP contribution in [-0.2, 0) is 6.42 Å². The van der Waals surface area contributed by atoms with Crippen molar-refractivity contribution in [3.05, 3.63) is 30.0 Å². The van der Waals surface area contributed by atoms with Gasteiger partial charge in [0.2, 0.25) is 0 Å². The second-order valence-corrected chi connectivity index (χ2v) is 3.38. The normalized spacial score (nSPS) is 10.8. The molecular weight excluding hydrogens is 192 g/mol. The first-order valence-corrected chi connectivity index (χ1v) is 4.86. The molecule has 0 aliphatic heterocycles. The molecule has 80 valence electrons. The summed E-state index contributed by atoms with van der Waals surface area (Å²) in [5.41, 5.74) is 4.41. The van der Waals surface area contributed by atoms with E-state index in [-0.39, 0.29) is 0 Å². The first-order chi connectivity index (χ1) is 7.35. The first-order valence-electron chi connectivity index (χ1n) is 4.86. The Bertz CT molecular complexity index is 451. The Kier molecular flexibility index (Phi) is 2.89. The molecule has 0 fully saturated rings. The fourth-order valence-corrected chi connectivity index (χ4v) is 1.68. The summed E-state index contributed by atoms with van der Waals surface area (Å²) in [6, 6.07) is 5.91. The van der Waals surface area contributed by atoms with Crippen LogP contribution in [0.2, 0.25) is 0 Å². The van der Waals surface area contributed by atoms with Gasteiger partial charge in [-0.3, -0.25) is 0 Å². The van der Waals surface area contributed by atoms with Crippen molar-refractivity contribution in [2.45, 2.75) is 6.42 Å². The molecule has 1 aromatic heterocycles. The zero-order chi connectivity index (χ0) is 10.7. The number of aromatic amines is 1. The second kappa shape index (κ2) is 4.33. The number of hydrogen-bond acceptors (Lipinski definition) is 3. The zero-order valence-corrected chi connectivity index (χ0v) is 8.58. The van der Waals surface area contributed by atoms with Crippen molar-refractivity contribution in [1.82, 2.24) is 10.5 Å². The summed E-state index contributed by atoms with van der Waals surface area (Å²) in [5, 5.41) is 9.70. The van der Waals surface area contributed by atoms with Crippen LogP contribution in [0.25, 0.3) is 10.9 Å². The minimum absolute atomic E-state index is 0.546. The number of rotatable bonds is 4. The van der Waals surface area contributed by atoms with Crippen LogP contribution in [0.5, 0.6) is 5.75 Å². The van der Waals surface area contributed by atoms with Crippen LogP contribution in [0.3, 0.4) is 0 Å². The lowest BCUT2D eigenvalue weighted by Gasteiger charge is -2.01. The Hall–Kier alpha value is -1.52. The molecule has 4 heteroatoms. The Morgan fingerprint density at radius 3 is 3.07 bits per heavy atom. The molecule has 0 atom stereocenters. The zero-order valence-electron chi connectivity index (χ0n) is 8.58. The van der Waals surface area contributed by atoms with E-state index in [0.717, 1.165) is 23.1 Å². The number of fused-ring (bicyclic) bond motifs is 1. The Balaban J connectivity index is 2.38. The van der Waals surface area contributed by atoms with E-state index in [2.05, 4.69) is 10.5 Å². The van der Waals surface area contributed by atoms with Gasteiger partial charge in [-0.1, -0.05) is 0 Å². The summed E-state index contributed by atoms with van der Waals surface area (Å²) in [4.78, 5) is 3.18. The van der Waals surface area contributed by atoms with Gasteiger partial charge < -0.3 is 14.9 Å². The standard InChI is InChI=1S/C11H14N2O2/c1-15-9-2-3-11-10(6-9)8(7-12-11)4-5-13-14/h2-3,6-7,12-14H,4-5H2,1H3. The number of methoxy groups -OCH3 is 1. The molecular formula is C11H14N2O2. The highest BCUT2D eigenvalue weighted by atomic mass is 16.5. The molecule has 2 rings (SSSR count). The number of benzene rings is 1. The van der Waals surface area contributed by atoms with E-state index < -0.39 is 0 Å². The van der Waals surface area contributed by atoms with E-state index in [0.29, 0.717) is 6.54 Å². The van der Waals surface area contributed by atoms with Crippen molar-refractivity contribution in [3.8, 4) is 5.75 Å². The highest BCUT2D eigenvalue weighted by Gasteiger charge is 2.04. The number of hydroxylamine groups is 1. The van der Waals surface area contributed by atoms with Gasteiger partial charge in [-0.15, -0.1) is 0 Å². The van der Waals surface area contributed by atoms with E-state index in [1.807, 2.05) is 24.4 Å². The maximum atomic E-state index is 8.55. The predicted molar refractivity (Wildman–Crippen MR) is 58.3 cm³/mol. The fraction of sp³-hybridized carbons (Fsp3) is 0.273. The minimum Gasteiger partial charge on any atom is -0.497 e. The van der Waals surface area contributed by atoms with Gasteiger partial charge >= 0.3 is 0 Å². The lowest BCUT2D eigenvalue weighted by Crippen LogP contribution is -2.10. The molecule has 0 aliphatic carbocycles. The van der Waals surface area contributed by atoms with Gasteiger partial charge in [-0.25, -0.2) is 5.48 Å². The number of aromatic nitrogens is 1. The molecule has 2 aromatic rings. The van der Waals surface area contributed by atoms with E-state index in [1.54, 1.807) is 7.11 Å². The molecule has 0 unspecified atom stereocenters. The van der Waals surface area contributed by atoms with Gasteiger partial charge in [-0.2, -0.15) is 0 Å². The lowest BCUT2D eigenvalue weighted by molar-refractivity contribution is 0.168. The van der Waals surface area contributed by atoms with E-state index in [9.17, 15) is 0 Å². The molecule has 3 N–H and O–H groups in total. The maximum absolute atomic E-state index is 8.55. The second-order valence-electron chi connectivity index (χ2n) is 3.38. The summed E-state index contributed by atoms with van der Waals surface area (Å²) in [6.07, 6.45) is 2.74. The SMILES string of the molecule is COc1ccc2[nH]cc(CCNO)c2c1. The van der Waals surface area contributed by atoms with Crippen LogP contribution in [-0.4, -0.2) is 23.8 Å². The van der Waals surface area contributed by atoms with E-state index >= 15 is 0 Å². The minimum atomic E-state index is 0.546. The smallest absolute Gasteiger partial charge is 0.119 e. The third kappa shape index (κ3) is 1.95. The molecule has 0 aliphatic rings. The summed E-state index contributed by atoms with van der Waals surface area (Å²) >= 11 is 0. The summed E-state index contributed by atoms with van der Waals surface area (Å²) < 4.78 is 5.17. The van der Waals surface area contributed by atoms with Crippen molar-refractivity contribution >= 4 is 10.9 Å². The first kappa shape index (κ1) is 10.0. The average molecular weight is 206 g/mol. The highest BCUT2D eigenvalue weighted by molar-refractivity contribution is 5.84. The molecule has 0 saturated carbocycles. The van der Waals surface area contributed by atoms with Gasteiger partial charge in [0.1, 0.15) is 5.75 Å². The number of hydrogen-bond donors (Lipinski definition) is 3. The molecule has 1 aromatic carbocycles. The Labute approximate surface area is 87.8 Å². The van der Waals surface area contributed by atoms with Crippen molar-refractivity contribution < 1.29 is 9.94 Å². The molecule has 0 amide bonds. The van der Waals surface area contributed by atoms with Gasteiger partial charge in [0.25, 0.3) is 0 Å². The Morgan fingerprint density at radius 1 is 1.47 bits per heavy atom. The fourth-order valence-electron chi connectivity index (χ4n) is 1.68. The molecule has 0 spiro atoms. The lowest BCUT2D eigenvalue weighted by atomic mass is 10.1. The van der Waals surface area contributed by atoms with Crippen LogP contribution >= 0.6 is 0 Å². The van der Waals surface area contributed by atoms with E-state index in [4.69, 9.17) is 9.94 Å². The molecule has 0 bridgehead atoms. The quantitative estimate of drug-likeness (QED) is 0.667. The van der Waals surface area contributed by atoms with Crippen molar-refractivity contribution in [1.29, 1.82) is 0 Å². The predicted octanol–water partition coefficient (Wildman–Crippen LogP) is 1.70. The Morgan fingerprint density at radius 2 is 2.33 bits per heavy atom. The molecule has 1 heterocycles. The highest BCUT2D eigenvalue weighted by Crippen LogP contribution is 2.23. The van der Waals surface area contributed by atoms with Crippen molar-refractivity contribution in [3.63, 3.8) is 0 Å². The van der Waals surface area contributed by atoms with Gasteiger partial charge in [0.05, 0.1) is 7.11 Å². The molecule has 0 saturated heterocycles. The van der Waals surface area contributed by atoms with E-state index in [1.165, 1.54) is 5.56 Å². The van der Waals surface area contributed by atoms with Crippen LogP contribution < -0.4 is 10.2 Å². The number of ether oxygens (including phenoxy) is 1. The van der Waals surface area contributed by atoms with Crippen LogP contribution in [0, 0.1) is 0 Å². The third-order valence-electron chi connectivity index (χ3n) is 2.48. The summed E-state index contributed by atoms with van der Waals surface area (Å²) in [6.45, 7) is 0.546. The average Bonchev–Trinajstić information content (AvgIpc) is 2.68. The topological polar surface area (TPSA) is 57.3 Å². The van der Waals surface area contributed by atoms with Crippen LogP contribution in [0.15, 0.2) is 24.4 Å². The number of nitrogens with one attached hydrogen (secondary N) is 2. The molecule has 4 nitrogen and oxygen atoms in total. The van der Waals surface area contributed by atoms with Crippen LogP contribution in [0.1, 0.15) is 5.56 Å². The third-order valence-corrected chi connectivity index (χ3v) is 2.48. The maximum Gasteiger partial charge on any atom is 0.119 e. The van der Waals surface area contributed by atoms with Gasteiger partial charge in [0, 0.05) is 23.6 Å². The van der Waals surface area contributed by atoms with Crippen molar-refractivity contribution in [2.75, 3.05) is 13.7 Å².